The predicted molar refractivity (Wildman–Crippen MR) is 121 cm³/mol. The van der Waals surface area contributed by atoms with Crippen LogP contribution in [0.4, 0.5) is 8.78 Å². The third-order valence-corrected chi connectivity index (χ3v) is 5.39. The Morgan fingerprint density at radius 1 is 1.09 bits per heavy atom. The number of aliphatic hydroxyl groups excluding tert-OH is 1. The van der Waals surface area contributed by atoms with E-state index in [1.54, 1.807) is 35.0 Å². The van der Waals surface area contributed by atoms with Crippen molar-refractivity contribution in [1.29, 1.82) is 0 Å². The summed E-state index contributed by atoms with van der Waals surface area (Å²) in [5, 5.41) is 15.1. The van der Waals surface area contributed by atoms with E-state index >= 15 is 0 Å². The van der Waals surface area contributed by atoms with Gasteiger partial charge >= 0.3 is 0 Å². The van der Waals surface area contributed by atoms with Gasteiger partial charge < -0.3 is 9.84 Å². The number of para-hydroxylation sites is 1. The van der Waals surface area contributed by atoms with Gasteiger partial charge in [0.2, 0.25) is 5.88 Å². The van der Waals surface area contributed by atoms with E-state index in [0.29, 0.717) is 24.7 Å². The largest absolute Gasteiger partial charge is 0.435 e. The van der Waals surface area contributed by atoms with Crippen molar-refractivity contribution in [2.75, 3.05) is 13.1 Å². The van der Waals surface area contributed by atoms with Gasteiger partial charge in [-0.15, -0.1) is 0 Å². The summed E-state index contributed by atoms with van der Waals surface area (Å²) in [5.74, 6) is -0.248. The highest BCUT2D eigenvalue weighted by molar-refractivity contribution is 5.43. The molecule has 0 amide bonds. The van der Waals surface area contributed by atoms with Crippen LogP contribution in [0.5, 0.6) is 11.6 Å². The van der Waals surface area contributed by atoms with Crippen LogP contribution in [0, 0.1) is 24.5 Å². The number of ether oxygens (including phenoxy) is 1. The van der Waals surface area contributed by atoms with Crippen molar-refractivity contribution in [3.63, 3.8) is 0 Å². The van der Waals surface area contributed by atoms with Crippen LogP contribution in [-0.2, 0) is 6.54 Å². The lowest BCUT2D eigenvalue weighted by Gasteiger charge is -2.26. The summed E-state index contributed by atoms with van der Waals surface area (Å²) < 4.78 is 35.5. The second-order valence-corrected chi connectivity index (χ2v) is 8.34. The molecule has 1 unspecified atom stereocenters. The third-order valence-electron chi connectivity index (χ3n) is 5.39. The van der Waals surface area contributed by atoms with Crippen LogP contribution in [0.15, 0.2) is 48.5 Å². The average Bonchev–Trinajstić information content (AvgIpc) is 3.05. The van der Waals surface area contributed by atoms with Gasteiger partial charge in [0.15, 0.2) is 11.6 Å². The average molecular weight is 444 g/mol. The van der Waals surface area contributed by atoms with E-state index in [9.17, 15) is 13.9 Å². The van der Waals surface area contributed by atoms with Gasteiger partial charge in [0, 0.05) is 13.1 Å². The van der Waals surface area contributed by atoms with Crippen LogP contribution in [0.25, 0.3) is 5.69 Å². The Bertz CT molecular complexity index is 1020. The van der Waals surface area contributed by atoms with Crippen molar-refractivity contribution in [2.45, 2.75) is 46.8 Å². The molecule has 1 heterocycles. The van der Waals surface area contributed by atoms with Crippen molar-refractivity contribution >= 4 is 0 Å². The van der Waals surface area contributed by atoms with Crippen LogP contribution in [-0.4, -0.2) is 39.0 Å². The molecule has 32 heavy (non-hydrogen) atoms. The van der Waals surface area contributed by atoms with Crippen molar-refractivity contribution in [1.82, 2.24) is 14.7 Å². The number of aromatic nitrogens is 2. The van der Waals surface area contributed by atoms with E-state index in [-0.39, 0.29) is 17.5 Å². The molecule has 0 saturated carbocycles. The third kappa shape index (κ3) is 5.72. The second kappa shape index (κ2) is 10.7. The lowest BCUT2D eigenvalue weighted by molar-refractivity contribution is 0.0728. The van der Waals surface area contributed by atoms with Crippen LogP contribution >= 0.6 is 0 Å². The van der Waals surface area contributed by atoms with E-state index in [0.717, 1.165) is 24.2 Å². The minimum absolute atomic E-state index is 0.0845. The van der Waals surface area contributed by atoms with Crippen LogP contribution in [0.3, 0.4) is 0 Å². The number of rotatable bonds is 10. The van der Waals surface area contributed by atoms with Gasteiger partial charge in [0.1, 0.15) is 5.82 Å². The molecule has 0 saturated heterocycles. The normalized spacial score (nSPS) is 12.5. The zero-order valence-electron chi connectivity index (χ0n) is 19.1. The summed E-state index contributed by atoms with van der Waals surface area (Å²) >= 11 is 0. The highest BCUT2D eigenvalue weighted by atomic mass is 19.1. The molecule has 0 fully saturated rings. The molecule has 0 bridgehead atoms. The van der Waals surface area contributed by atoms with Gasteiger partial charge in [0.05, 0.1) is 23.0 Å². The molecule has 172 valence electrons. The Kier molecular flexibility index (Phi) is 7.99. The molecule has 3 aromatic rings. The number of halogens is 2. The quantitative estimate of drug-likeness (QED) is 0.451. The number of nitrogens with zero attached hydrogens (tertiary/aromatic N) is 3. The first-order valence-electron chi connectivity index (χ1n) is 11.0. The van der Waals surface area contributed by atoms with Gasteiger partial charge in [-0.1, -0.05) is 32.9 Å². The Hall–Kier alpha value is -2.77. The Labute approximate surface area is 188 Å². The second-order valence-electron chi connectivity index (χ2n) is 8.34. The highest BCUT2D eigenvalue weighted by Crippen LogP contribution is 2.33. The molecule has 1 atom stereocenters. The Morgan fingerprint density at radius 3 is 2.41 bits per heavy atom. The topological polar surface area (TPSA) is 50.5 Å². The summed E-state index contributed by atoms with van der Waals surface area (Å²) in [6, 6.07) is 12.1. The van der Waals surface area contributed by atoms with Crippen LogP contribution in [0.1, 0.15) is 38.4 Å². The molecule has 3 rings (SSSR count). The van der Waals surface area contributed by atoms with E-state index in [4.69, 9.17) is 4.74 Å². The van der Waals surface area contributed by atoms with E-state index in [1.165, 1.54) is 18.2 Å². The van der Waals surface area contributed by atoms with Gasteiger partial charge in [-0.3, -0.25) is 4.90 Å². The first-order chi connectivity index (χ1) is 15.3. The molecule has 5 nitrogen and oxygen atoms in total. The summed E-state index contributed by atoms with van der Waals surface area (Å²) in [7, 11) is 0. The zero-order valence-corrected chi connectivity index (χ0v) is 19.1. The molecule has 0 aliphatic rings. The smallest absolute Gasteiger partial charge is 0.227 e. The summed E-state index contributed by atoms with van der Waals surface area (Å²) in [5.41, 5.74) is 2.12. The summed E-state index contributed by atoms with van der Waals surface area (Å²) in [6.07, 6.45) is 0.448. The maximum atomic E-state index is 14.4. The number of aryl methyl sites for hydroxylation is 1. The predicted octanol–water partition coefficient (Wildman–Crippen LogP) is 5.48. The monoisotopic (exact) mass is 443 g/mol. The lowest BCUT2D eigenvalue weighted by Crippen LogP contribution is -2.35. The van der Waals surface area contributed by atoms with Gasteiger partial charge in [-0.25, -0.2) is 13.5 Å². The minimum Gasteiger partial charge on any atom is -0.435 e. The fraction of sp³-hybridized carbons (Fsp3) is 0.400. The molecule has 7 heteroatoms. The van der Waals surface area contributed by atoms with E-state index < -0.39 is 11.9 Å². The molecule has 0 aliphatic heterocycles. The maximum absolute atomic E-state index is 14.4. The standard InChI is InChI=1S/C25H31F2N3O2/c1-5-14-29(16-23(31)17(2)3)15-21-18(4)28-30(20-12-10-19(26)11-13-20)25(21)32-24-9-7-6-8-22(24)27/h6-13,17,23,31H,5,14-16H2,1-4H3. The van der Waals surface area contributed by atoms with Crippen molar-refractivity contribution in [3.8, 4) is 17.3 Å². The van der Waals surface area contributed by atoms with Crippen molar-refractivity contribution in [3.05, 3.63) is 71.4 Å². The number of hydrogen-bond acceptors (Lipinski definition) is 4. The molecular weight excluding hydrogens is 412 g/mol. The number of hydrogen-bond donors (Lipinski definition) is 1. The van der Waals surface area contributed by atoms with Crippen LogP contribution < -0.4 is 4.74 Å². The Morgan fingerprint density at radius 2 is 1.78 bits per heavy atom. The number of benzene rings is 2. The first kappa shape index (κ1) is 23.9. The Balaban J connectivity index is 2.03. The highest BCUT2D eigenvalue weighted by Gasteiger charge is 2.23. The van der Waals surface area contributed by atoms with E-state index in [2.05, 4.69) is 16.9 Å². The molecular formula is C25H31F2N3O2. The van der Waals surface area contributed by atoms with Crippen LogP contribution in [0.2, 0.25) is 0 Å². The SMILES string of the molecule is CCCN(Cc1c(C)nn(-c2ccc(F)cc2)c1Oc1ccccc1F)CC(O)C(C)C. The molecule has 0 radical (unpaired) electrons. The van der Waals surface area contributed by atoms with Crippen molar-refractivity contribution in [2.24, 2.45) is 5.92 Å². The van der Waals surface area contributed by atoms with Gasteiger partial charge in [-0.2, -0.15) is 5.10 Å². The van der Waals surface area contributed by atoms with Crippen molar-refractivity contribution < 1.29 is 18.6 Å². The summed E-state index contributed by atoms with van der Waals surface area (Å²) in [4.78, 5) is 2.15. The molecule has 0 aliphatic carbocycles. The molecule has 1 N–H and O–H groups in total. The van der Waals surface area contributed by atoms with Gasteiger partial charge in [0.25, 0.3) is 0 Å². The lowest BCUT2D eigenvalue weighted by atomic mass is 10.1. The molecule has 1 aromatic heterocycles. The van der Waals surface area contributed by atoms with E-state index in [1.807, 2.05) is 20.8 Å². The summed E-state index contributed by atoms with van der Waals surface area (Å²) in [6.45, 7) is 9.69. The minimum atomic E-state index is -0.483. The fourth-order valence-corrected chi connectivity index (χ4v) is 3.46. The first-order valence-corrected chi connectivity index (χ1v) is 11.0. The fourth-order valence-electron chi connectivity index (χ4n) is 3.46. The maximum Gasteiger partial charge on any atom is 0.227 e. The number of aliphatic hydroxyl groups is 1. The zero-order chi connectivity index (χ0) is 23.3. The molecule has 2 aromatic carbocycles. The molecule has 0 spiro atoms. The van der Waals surface area contributed by atoms with Gasteiger partial charge in [-0.05, 0) is 62.2 Å².